The number of rotatable bonds is 19. The standard InChI is InChI=1S/C20H42FNO/c1-3-5-7-9-11-13-16-22(18-20-23-19-15-21)17-14-12-10-8-6-4-2/h3-20H2,1-2H3. The number of hydrogen-bond donors (Lipinski definition) is 0. The summed E-state index contributed by atoms with van der Waals surface area (Å²) in [6, 6.07) is 0. The predicted molar refractivity (Wildman–Crippen MR) is 100.0 cm³/mol. The quantitative estimate of drug-likeness (QED) is 0.269. The first-order valence-electron chi connectivity index (χ1n) is 10.2. The molecule has 0 rings (SSSR count). The smallest absolute Gasteiger partial charge is 0.113 e. The molecule has 0 spiro atoms. The summed E-state index contributed by atoms with van der Waals surface area (Å²) in [6.07, 6.45) is 16.2. The lowest BCUT2D eigenvalue weighted by atomic mass is 10.1. The molecule has 23 heavy (non-hydrogen) atoms. The first-order valence-corrected chi connectivity index (χ1v) is 10.2. The molecule has 0 heterocycles. The van der Waals surface area contributed by atoms with Gasteiger partial charge >= 0.3 is 0 Å². The van der Waals surface area contributed by atoms with Crippen molar-refractivity contribution in [3.05, 3.63) is 0 Å². The molecule has 0 radical (unpaired) electrons. The van der Waals surface area contributed by atoms with Crippen molar-refractivity contribution in [3.63, 3.8) is 0 Å². The maximum Gasteiger partial charge on any atom is 0.113 e. The van der Waals surface area contributed by atoms with Gasteiger partial charge in [0.15, 0.2) is 0 Å². The molecule has 0 N–H and O–H groups in total. The van der Waals surface area contributed by atoms with E-state index in [2.05, 4.69) is 18.7 Å². The van der Waals surface area contributed by atoms with Gasteiger partial charge in [-0.25, -0.2) is 4.39 Å². The molecule has 0 aromatic rings. The van der Waals surface area contributed by atoms with E-state index in [9.17, 15) is 4.39 Å². The van der Waals surface area contributed by atoms with Crippen LogP contribution in [0.15, 0.2) is 0 Å². The monoisotopic (exact) mass is 331 g/mol. The van der Waals surface area contributed by atoms with Gasteiger partial charge in [0.1, 0.15) is 6.67 Å². The third-order valence-electron chi connectivity index (χ3n) is 4.43. The zero-order chi connectivity index (χ0) is 17.0. The molecule has 0 aromatic carbocycles. The van der Waals surface area contributed by atoms with Crippen LogP contribution >= 0.6 is 0 Å². The van der Waals surface area contributed by atoms with E-state index >= 15 is 0 Å². The molecular formula is C20H42FNO. The van der Waals surface area contributed by atoms with Crippen molar-refractivity contribution in [3.8, 4) is 0 Å². The van der Waals surface area contributed by atoms with Crippen molar-refractivity contribution in [2.45, 2.75) is 90.9 Å². The third kappa shape index (κ3) is 18.0. The molecule has 140 valence electrons. The Bertz CT molecular complexity index is 198. The molecule has 2 nitrogen and oxygen atoms in total. The summed E-state index contributed by atoms with van der Waals surface area (Å²) >= 11 is 0. The maximum atomic E-state index is 12.1. The van der Waals surface area contributed by atoms with Gasteiger partial charge in [0.25, 0.3) is 0 Å². The van der Waals surface area contributed by atoms with E-state index < -0.39 is 0 Å². The molecule has 0 saturated carbocycles. The minimum absolute atomic E-state index is 0.252. The zero-order valence-electron chi connectivity index (χ0n) is 16.0. The lowest BCUT2D eigenvalue weighted by Crippen LogP contribution is -2.30. The highest BCUT2D eigenvalue weighted by atomic mass is 19.1. The van der Waals surface area contributed by atoms with E-state index in [1.54, 1.807) is 0 Å². The Hall–Kier alpha value is -0.150. The highest BCUT2D eigenvalue weighted by Gasteiger charge is 2.05. The van der Waals surface area contributed by atoms with Gasteiger partial charge in [-0.3, -0.25) is 0 Å². The van der Waals surface area contributed by atoms with Crippen molar-refractivity contribution in [1.29, 1.82) is 0 Å². The Balaban J connectivity index is 3.70. The van der Waals surface area contributed by atoms with Crippen molar-refractivity contribution in [1.82, 2.24) is 4.90 Å². The van der Waals surface area contributed by atoms with E-state index in [4.69, 9.17) is 4.74 Å². The van der Waals surface area contributed by atoms with E-state index in [1.165, 1.54) is 90.1 Å². The van der Waals surface area contributed by atoms with Crippen molar-refractivity contribution < 1.29 is 9.13 Å². The highest BCUT2D eigenvalue weighted by Crippen LogP contribution is 2.09. The van der Waals surface area contributed by atoms with E-state index in [0.717, 1.165) is 6.54 Å². The van der Waals surface area contributed by atoms with Crippen LogP contribution in [0.3, 0.4) is 0 Å². The summed E-state index contributed by atoms with van der Waals surface area (Å²) in [6.45, 7) is 8.41. The van der Waals surface area contributed by atoms with Crippen molar-refractivity contribution in [2.75, 3.05) is 39.5 Å². The van der Waals surface area contributed by atoms with E-state index in [0.29, 0.717) is 6.61 Å². The maximum absolute atomic E-state index is 12.1. The second kappa shape index (κ2) is 19.9. The van der Waals surface area contributed by atoms with Crippen LogP contribution in [-0.2, 0) is 4.74 Å². The van der Waals surface area contributed by atoms with Gasteiger partial charge in [-0.15, -0.1) is 0 Å². The summed E-state index contributed by atoms with van der Waals surface area (Å²) < 4.78 is 17.4. The van der Waals surface area contributed by atoms with Crippen LogP contribution in [0.4, 0.5) is 4.39 Å². The second-order valence-electron chi connectivity index (χ2n) is 6.68. The molecule has 0 amide bonds. The van der Waals surface area contributed by atoms with Gasteiger partial charge in [0.05, 0.1) is 13.2 Å². The normalized spacial score (nSPS) is 11.5. The lowest BCUT2D eigenvalue weighted by molar-refractivity contribution is 0.0918. The molecule has 0 bridgehead atoms. The van der Waals surface area contributed by atoms with Crippen molar-refractivity contribution >= 4 is 0 Å². The van der Waals surface area contributed by atoms with Crippen LogP contribution in [0.5, 0.6) is 0 Å². The minimum atomic E-state index is -0.366. The van der Waals surface area contributed by atoms with E-state index in [1.807, 2.05) is 0 Å². The number of unbranched alkanes of at least 4 members (excludes halogenated alkanes) is 10. The molecule has 0 aromatic heterocycles. The third-order valence-corrected chi connectivity index (χ3v) is 4.43. The van der Waals surface area contributed by atoms with Crippen LogP contribution in [0.25, 0.3) is 0 Å². The van der Waals surface area contributed by atoms with Crippen molar-refractivity contribution in [2.24, 2.45) is 0 Å². The Morgan fingerprint density at radius 1 is 0.609 bits per heavy atom. The fraction of sp³-hybridized carbons (Fsp3) is 1.00. The molecule has 3 heteroatoms. The number of nitrogens with zero attached hydrogens (tertiary/aromatic N) is 1. The van der Waals surface area contributed by atoms with Gasteiger partial charge in [0, 0.05) is 6.54 Å². The number of hydrogen-bond acceptors (Lipinski definition) is 2. The predicted octanol–water partition coefficient (Wildman–Crippen LogP) is 6.00. The summed E-state index contributed by atoms with van der Waals surface area (Å²) in [7, 11) is 0. The Morgan fingerprint density at radius 3 is 1.57 bits per heavy atom. The van der Waals surface area contributed by atoms with Gasteiger partial charge in [-0.1, -0.05) is 78.1 Å². The van der Waals surface area contributed by atoms with Crippen LogP contribution < -0.4 is 0 Å². The fourth-order valence-electron chi connectivity index (χ4n) is 2.92. The fourth-order valence-corrected chi connectivity index (χ4v) is 2.92. The first kappa shape index (κ1) is 22.9. The molecule has 0 aliphatic carbocycles. The summed E-state index contributed by atoms with van der Waals surface area (Å²) in [5.41, 5.74) is 0. The molecular weight excluding hydrogens is 289 g/mol. The summed E-state index contributed by atoms with van der Waals surface area (Å²) in [5, 5.41) is 0. The summed E-state index contributed by atoms with van der Waals surface area (Å²) in [5.74, 6) is 0. The Kier molecular flexibility index (Phi) is 19.8. The molecule has 0 fully saturated rings. The van der Waals surface area contributed by atoms with Gasteiger partial charge < -0.3 is 9.64 Å². The largest absolute Gasteiger partial charge is 0.377 e. The summed E-state index contributed by atoms with van der Waals surface area (Å²) in [4.78, 5) is 2.53. The average molecular weight is 332 g/mol. The van der Waals surface area contributed by atoms with Gasteiger partial charge in [-0.05, 0) is 25.9 Å². The minimum Gasteiger partial charge on any atom is -0.377 e. The second-order valence-corrected chi connectivity index (χ2v) is 6.68. The highest BCUT2D eigenvalue weighted by molar-refractivity contribution is 4.59. The average Bonchev–Trinajstić information content (AvgIpc) is 2.57. The first-order chi connectivity index (χ1) is 11.3. The van der Waals surface area contributed by atoms with Crippen LogP contribution in [-0.4, -0.2) is 44.4 Å². The number of halogens is 1. The van der Waals surface area contributed by atoms with Gasteiger partial charge in [-0.2, -0.15) is 0 Å². The molecule has 0 saturated heterocycles. The van der Waals surface area contributed by atoms with Crippen LogP contribution in [0, 0.1) is 0 Å². The number of ether oxygens (including phenoxy) is 1. The SMILES string of the molecule is CCCCCCCCN(CCCCCCCC)CCOCCF. The van der Waals surface area contributed by atoms with E-state index in [-0.39, 0.29) is 13.3 Å². The van der Waals surface area contributed by atoms with Crippen LogP contribution in [0.1, 0.15) is 90.9 Å². The molecule has 0 aliphatic heterocycles. The lowest BCUT2D eigenvalue weighted by Gasteiger charge is -2.22. The zero-order valence-corrected chi connectivity index (χ0v) is 16.0. The molecule has 0 aliphatic rings. The Labute approximate surface area is 145 Å². The van der Waals surface area contributed by atoms with Crippen LogP contribution in [0.2, 0.25) is 0 Å². The molecule has 0 atom stereocenters. The van der Waals surface area contributed by atoms with Gasteiger partial charge in [0.2, 0.25) is 0 Å². The Morgan fingerprint density at radius 2 is 1.09 bits per heavy atom. The molecule has 0 unspecified atom stereocenters. The number of alkyl halides is 1. The topological polar surface area (TPSA) is 12.5 Å².